The molecule has 0 saturated carbocycles. The normalized spacial score (nSPS) is 19.8. The van der Waals surface area contributed by atoms with Crippen LogP contribution in [0.4, 0.5) is 0 Å². The van der Waals surface area contributed by atoms with Crippen LogP contribution in [0.5, 0.6) is 0 Å². The molecule has 8 nitrogen and oxygen atoms in total. The van der Waals surface area contributed by atoms with Crippen molar-refractivity contribution in [2.45, 2.75) is 12.8 Å². The van der Waals surface area contributed by atoms with Crippen LogP contribution < -0.4 is 0 Å². The van der Waals surface area contributed by atoms with E-state index in [4.69, 9.17) is 9.84 Å². The third kappa shape index (κ3) is 6.01. The number of rotatable bonds is 4. The van der Waals surface area contributed by atoms with Gasteiger partial charge in [0, 0.05) is 33.2 Å². The second-order valence-electron chi connectivity index (χ2n) is 7.43. The fourth-order valence-electron chi connectivity index (χ4n) is 3.57. The van der Waals surface area contributed by atoms with Gasteiger partial charge in [0.2, 0.25) is 0 Å². The number of morpholine rings is 1. The van der Waals surface area contributed by atoms with Gasteiger partial charge in [-0.3, -0.25) is 0 Å². The summed E-state index contributed by atoms with van der Waals surface area (Å²) in [6, 6.07) is 20.1. The van der Waals surface area contributed by atoms with E-state index in [0.29, 0.717) is 38.7 Å². The Hall–Kier alpha value is -2.59. The number of amidine groups is 1. The molecule has 1 unspecified atom stereocenters. The standard InChI is InChI=1S/C21H24N4O3S.C2H6O/c1-17(23-29(26,27)24-12-14-28-15-13-24)25-16-20(18-8-4-2-5-9-18)21(22-25)19-10-6-3-7-11-19;1-3-2/h2-11,20H,12-16H2,1H3;1-2H3. The van der Waals surface area contributed by atoms with Crippen molar-refractivity contribution in [3.05, 3.63) is 71.8 Å². The minimum atomic E-state index is -3.75. The monoisotopic (exact) mass is 458 g/mol. The van der Waals surface area contributed by atoms with Gasteiger partial charge in [-0.15, -0.1) is 4.40 Å². The third-order valence-electron chi connectivity index (χ3n) is 5.10. The van der Waals surface area contributed by atoms with Gasteiger partial charge < -0.3 is 9.47 Å². The maximum Gasteiger partial charge on any atom is 0.324 e. The Morgan fingerprint density at radius 2 is 1.59 bits per heavy atom. The molecule has 0 radical (unpaired) electrons. The largest absolute Gasteiger partial charge is 0.388 e. The maximum atomic E-state index is 12.7. The molecule has 0 aliphatic carbocycles. The third-order valence-corrected chi connectivity index (χ3v) is 6.62. The lowest BCUT2D eigenvalue weighted by molar-refractivity contribution is 0.0730. The highest BCUT2D eigenvalue weighted by atomic mass is 32.2. The van der Waals surface area contributed by atoms with Gasteiger partial charge in [-0.2, -0.15) is 17.8 Å². The number of benzene rings is 2. The number of ether oxygens (including phenoxy) is 2. The van der Waals surface area contributed by atoms with E-state index in [-0.39, 0.29) is 5.92 Å². The Kier molecular flexibility index (Phi) is 8.52. The van der Waals surface area contributed by atoms with Crippen molar-refractivity contribution >= 4 is 21.8 Å². The molecular formula is C23H30N4O4S. The average molecular weight is 459 g/mol. The number of nitrogens with zero attached hydrogens (tertiary/aromatic N) is 4. The molecule has 4 rings (SSSR count). The molecule has 2 heterocycles. The van der Waals surface area contributed by atoms with E-state index in [1.165, 1.54) is 4.31 Å². The lowest BCUT2D eigenvalue weighted by atomic mass is 9.91. The first-order valence-corrected chi connectivity index (χ1v) is 11.9. The van der Waals surface area contributed by atoms with E-state index in [1.807, 2.05) is 48.5 Å². The number of hydrogen-bond donors (Lipinski definition) is 0. The summed E-state index contributed by atoms with van der Waals surface area (Å²) in [4.78, 5) is 0. The molecule has 1 fully saturated rings. The van der Waals surface area contributed by atoms with Crippen molar-refractivity contribution in [3.8, 4) is 0 Å². The Labute approximate surface area is 190 Å². The molecule has 0 bridgehead atoms. The molecule has 0 amide bonds. The molecule has 2 aromatic carbocycles. The molecule has 9 heteroatoms. The molecular weight excluding hydrogens is 428 g/mol. The lowest BCUT2D eigenvalue weighted by Gasteiger charge is -2.24. The van der Waals surface area contributed by atoms with Crippen molar-refractivity contribution in [3.63, 3.8) is 0 Å². The van der Waals surface area contributed by atoms with Crippen LogP contribution in [0.3, 0.4) is 0 Å². The van der Waals surface area contributed by atoms with Crippen LogP contribution in [-0.2, 0) is 19.7 Å². The van der Waals surface area contributed by atoms with Gasteiger partial charge >= 0.3 is 10.2 Å². The summed E-state index contributed by atoms with van der Waals surface area (Å²) in [7, 11) is -0.504. The van der Waals surface area contributed by atoms with E-state index in [0.717, 1.165) is 16.8 Å². The summed E-state index contributed by atoms with van der Waals surface area (Å²) in [6.07, 6.45) is 0. The zero-order valence-corrected chi connectivity index (χ0v) is 19.5. The quantitative estimate of drug-likeness (QED) is 0.520. The number of hydrazone groups is 1. The first-order valence-electron chi connectivity index (χ1n) is 10.5. The van der Waals surface area contributed by atoms with Crippen molar-refractivity contribution in [1.29, 1.82) is 0 Å². The van der Waals surface area contributed by atoms with Gasteiger partial charge in [-0.1, -0.05) is 60.7 Å². The van der Waals surface area contributed by atoms with E-state index in [2.05, 4.69) is 21.3 Å². The van der Waals surface area contributed by atoms with Gasteiger partial charge in [0.1, 0.15) is 5.84 Å². The van der Waals surface area contributed by atoms with Crippen molar-refractivity contribution in [2.24, 2.45) is 9.50 Å². The first kappa shape index (κ1) is 24.1. The van der Waals surface area contributed by atoms with Crippen LogP contribution in [0, 0.1) is 0 Å². The zero-order valence-electron chi connectivity index (χ0n) is 18.7. The highest BCUT2D eigenvalue weighted by Gasteiger charge is 2.31. The molecule has 0 N–H and O–H groups in total. The summed E-state index contributed by atoms with van der Waals surface area (Å²) < 4.78 is 40.2. The van der Waals surface area contributed by atoms with Crippen LogP contribution in [0.15, 0.2) is 70.2 Å². The fraction of sp³-hybridized carbons (Fsp3) is 0.391. The summed E-state index contributed by atoms with van der Waals surface area (Å²) in [5.41, 5.74) is 3.07. The molecule has 2 aliphatic heterocycles. The second-order valence-corrected chi connectivity index (χ2v) is 9.03. The van der Waals surface area contributed by atoms with E-state index < -0.39 is 10.2 Å². The Balaban J connectivity index is 0.000000913. The molecule has 2 aliphatic rings. The number of methoxy groups -OCH3 is 1. The van der Waals surface area contributed by atoms with Crippen molar-refractivity contribution in [2.75, 3.05) is 47.1 Å². The predicted molar refractivity (Wildman–Crippen MR) is 126 cm³/mol. The molecule has 1 saturated heterocycles. The van der Waals surface area contributed by atoms with E-state index in [1.54, 1.807) is 26.2 Å². The summed E-state index contributed by atoms with van der Waals surface area (Å²) in [6.45, 7) is 3.67. The molecule has 172 valence electrons. The van der Waals surface area contributed by atoms with Gasteiger partial charge in [0.05, 0.1) is 25.5 Å². The second kappa shape index (κ2) is 11.3. The first-order chi connectivity index (χ1) is 15.5. The summed E-state index contributed by atoms with van der Waals surface area (Å²) in [5.74, 6) is 0.401. The van der Waals surface area contributed by atoms with Crippen molar-refractivity contribution in [1.82, 2.24) is 9.31 Å². The van der Waals surface area contributed by atoms with Gasteiger partial charge in [0.25, 0.3) is 0 Å². The van der Waals surface area contributed by atoms with Crippen LogP contribution >= 0.6 is 0 Å². The van der Waals surface area contributed by atoms with Crippen LogP contribution in [0.1, 0.15) is 24.0 Å². The average Bonchev–Trinajstić information content (AvgIpc) is 3.27. The van der Waals surface area contributed by atoms with Gasteiger partial charge in [-0.25, -0.2) is 5.01 Å². The van der Waals surface area contributed by atoms with Crippen LogP contribution in [0.25, 0.3) is 0 Å². The molecule has 1 atom stereocenters. The minimum Gasteiger partial charge on any atom is -0.388 e. The minimum absolute atomic E-state index is 0.0369. The van der Waals surface area contributed by atoms with E-state index >= 15 is 0 Å². The Morgan fingerprint density at radius 3 is 2.19 bits per heavy atom. The molecule has 0 spiro atoms. The number of hydrogen-bond acceptors (Lipinski definition) is 5. The zero-order chi connectivity index (χ0) is 23.0. The topological polar surface area (TPSA) is 83.8 Å². The Bertz CT molecular complexity index is 1020. The predicted octanol–water partition coefficient (Wildman–Crippen LogP) is 2.75. The van der Waals surface area contributed by atoms with E-state index in [9.17, 15) is 8.42 Å². The van der Waals surface area contributed by atoms with Gasteiger partial charge in [0.15, 0.2) is 0 Å². The van der Waals surface area contributed by atoms with Crippen LogP contribution in [0.2, 0.25) is 0 Å². The van der Waals surface area contributed by atoms with Crippen molar-refractivity contribution < 1.29 is 17.9 Å². The Morgan fingerprint density at radius 1 is 1.03 bits per heavy atom. The highest BCUT2D eigenvalue weighted by Crippen LogP contribution is 2.29. The smallest absolute Gasteiger partial charge is 0.324 e. The highest BCUT2D eigenvalue weighted by molar-refractivity contribution is 7.87. The SMILES string of the molecule is CC(=NS(=O)(=O)N1CCOCC1)N1CC(c2ccccc2)C(c2ccccc2)=N1.COC. The molecule has 2 aromatic rings. The fourth-order valence-corrected chi connectivity index (χ4v) is 4.72. The molecule has 0 aromatic heterocycles. The molecule has 32 heavy (non-hydrogen) atoms. The van der Waals surface area contributed by atoms with Gasteiger partial charge in [-0.05, 0) is 18.1 Å². The summed E-state index contributed by atoms with van der Waals surface area (Å²) >= 11 is 0. The summed E-state index contributed by atoms with van der Waals surface area (Å²) in [5, 5.41) is 6.45. The van der Waals surface area contributed by atoms with Crippen LogP contribution in [-0.4, -0.2) is 76.3 Å². The lowest BCUT2D eigenvalue weighted by Crippen LogP contribution is -2.40. The maximum absolute atomic E-state index is 12.7.